The van der Waals surface area contributed by atoms with E-state index in [1.807, 2.05) is 0 Å². The summed E-state index contributed by atoms with van der Waals surface area (Å²) in [7, 11) is -3.29. The van der Waals surface area contributed by atoms with Gasteiger partial charge in [0.1, 0.15) is 11.4 Å². The van der Waals surface area contributed by atoms with E-state index >= 15 is 0 Å². The van der Waals surface area contributed by atoms with Crippen LogP contribution in [0.25, 0.3) is 11.6 Å². The van der Waals surface area contributed by atoms with Crippen molar-refractivity contribution < 1.29 is 22.8 Å². The molecule has 0 radical (unpaired) electrons. The molecule has 0 fully saturated rings. The lowest BCUT2D eigenvalue weighted by Crippen LogP contribution is -2.02. The number of aromatic carboxylic acids is 1. The zero-order chi connectivity index (χ0) is 13.3. The molecule has 0 atom stereocenters. The van der Waals surface area contributed by atoms with Gasteiger partial charge in [0, 0.05) is 6.26 Å². The maximum absolute atomic E-state index is 11.0. The van der Waals surface area contributed by atoms with Gasteiger partial charge >= 0.3 is 5.97 Å². The molecule has 2 aromatic rings. The fraction of sp³-hybridized carbons (Fsp3) is 0.250. The van der Waals surface area contributed by atoms with Crippen molar-refractivity contribution >= 4 is 15.8 Å². The number of nitrogens with one attached hydrogen (secondary N) is 1. The van der Waals surface area contributed by atoms with Gasteiger partial charge in [0.05, 0.1) is 6.33 Å². The van der Waals surface area contributed by atoms with Crippen molar-refractivity contribution in [3.63, 3.8) is 0 Å². The van der Waals surface area contributed by atoms with E-state index in [0.717, 1.165) is 6.26 Å². The summed E-state index contributed by atoms with van der Waals surface area (Å²) in [5.74, 6) is -1.80. The molecule has 0 amide bonds. The zero-order valence-corrected chi connectivity index (χ0v) is 9.93. The lowest BCUT2D eigenvalue weighted by molar-refractivity contribution is 0.0691. The Balaban J connectivity index is 2.35. The standard InChI is InChI=1S/C8H8N4O5S/c1-18(15,16)2-4-11-7(17-12-4)5-6(8(13)14)10-3-9-5/h3H,2H2,1H3,(H,9,10)(H,13,14). The molecule has 0 aromatic carbocycles. The van der Waals surface area contributed by atoms with Crippen LogP contribution in [0.15, 0.2) is 10.9 Å². The van der Waals surface area contributed by atoms with E-state index in [1.54, 1.807) is 0 Å². The Kier molecular flexibility index (Phi) is 2.87. The van der Waals surface area contributed by atoms with Crippen LogP contribution in [0.5, 0.6) is 0 Å². The van der Waals surface area contributed by atoms with Crippen molar-refractivity contribution in [2.45, 2.75) is 5.75 Å². The van der Waals surface area contributed by atoms with E-state index in [1.165, 1.54) is 6.33 Å². The summed E-state index contributed by atoms with van der Waals surface area (Å²) in [6, 6.07) is 0. The Morgan fingerprint density at radius 2 is 2.28 bits per heavy atom. The summed E-state index contributed by atoms with van der Waals surface area (Å²) in [5.41, 5.74) is -0.237. The predicted octanol–water partition coefficient (Wildman–Crippen LogP) is -0.298. The Bertz CT molecular complexity index is 686. The number of imidazole rings is 1. The van der Waals surface area contributed by atoms with Crippen LogP contribution in [0.2, 0.25) is 0 Å². The average molecular weight is 272 g/mol. The third-order valence-electron chi connectivity index (χ3n) is 1.92. The third-order valence-corrected chi connectivity index (χ3v) is 2.70. The maximum atomic E-state index is 11.0. The molecule has 0 aliphatic rings. The van der Waals surface area contributed by atoms with Gasteiger partial charge in [-0.2, -0.15) is 4.98 Å². The summed E-state index contributed by atoms with van der Waals surface area (Å²) < 4.78 is 26.9. The first-order valence-corrected chi connectivity index (χ1v) is 6.70. The van der Waals surface area contributed by atoms with Gasteiger partial charge in [-0.1, -0.05) is 5.16 Å². The fourth-order valence-electron chi connectivity index (χ4n) is 1.27. The first-order valence-electron chi connectivity index (χ1n) is 4.64. The second kappa shape index (κ2) is 4.22. The molecule has 2 rings (SSSR count). The number of sulfone groups is 1. The maximum Gasteiger partial charge on any atom is 0.356 e. The highest BCUT2D eigenvalue weighted by Crippen LogP contribution is 2.18. The molecular formula is C8H8N4O5S. The highest BCUT2D eigenvalue weighted by atomic mass is 32.2. The van der Waals surface area contributed by atoms with E-state index in [2.05, 4.69) is 20.1 Å². The number of hydrogen-bond donors (Lipinski definition) is 2. The monoisotopic (exact) mass is 272 g/mol. The number of carboxylic acids is 1. The van der Waals surface area contributed by atoms with Crippen LogP contribution in [0.4, 0.5) is 0 Å². The van der Waals surface area contributed by atoms with Gasteiger partial charge in [0.2, 0.25) is 0 Å². The minimum atomic E-state index is -3.29. The molecular weight excluding hydrogens is 264 g/mol. The molecule has 2 aromatic heterocycles. The topological polar surface area (TPSA) is 139 Å². The molecule has 0 saturated heterocycles. The molecule has 0 unspecified atom stereocenters. The number of aromatic amines is 1. The molecule has 9 nitrogen and oxygen atoms in total. The van der Waals surface area contributed by atoms with Crippen LogP contribution in [0, 0.1) is 0 Å². The highest BCUT2D eigenvalue weighted by molar-refractivity contribution is 7.89. The van der Waals surface area contributed by atoms with E-state index in [0.29, 0.717) is 0 Å². The summed E-state index contributed by atoms with van der Waals surface area (Å²) in [6.45, 7) is 0. The summed E-state index contributed by atoms with van der Waals surface area (Å²) in [5, 5.41) is 12.3. The lowest BCUT2D eigenvalue weighted by Gasteiger charge is -1.91. The number of H-pyrrole nitrogens is 1. The Labute approximate surface area is 101 Å². The van der Waals surface area contributed by atoms with Crippen LogP contribution in [0.3, 0.4) is 0 Å². The van der Waals surface area contributed by atoms with E-state index in [-0.39, 0.29) is 28.9 Å². The number of carboxylic acid groups (broad SMARTS) is 1. The van der Waals surface area contributed by atoms with Crippen LogP contribution in [-0.4, -0.2) is 45.9 Å². The molecule has 10 heteroatoms. The Hall–Kier alpha value is -2.23. The van der Waals surface area contributed by atoms with Crippen LogP contribution in [-0.2, 0) is 15.6 Å². The second-order valence-electron chi connectivity index (χ2n) is 3.52. The van der Waals surface area contributed by atoms with Crippen molar-refractivity contribution in [2.75, 3.05) is 6.26 Å². The van der Waals surface area contributed by atoms with Gasteiger partial charge in [-0.3, -0.25) is 0 Å². The van der Waals surface area contributed by atoms with Gasteiger partial charge in [-0.15, -0.1) is 0 Å². The number of rotatable bonds is 4. The lowest BCUT2D eigenvalue weighted by atomic mass is 10.3. The molecule has 18 heavy (non-hydrogen) atoms. The molecule has 2 heterocycles. The van der Waals surface area contributed by atoms with Crippen molar-refractivity contribution in [3.8, 4) is 11.6 Å². The van der Waals surface area contributed by atoms with Crippen molar-refractivity contribution in [1.29, 1.82) is 0 Å². The quantitative estimate of drug-likeness (QED) is 0.773. The molecule has 2 N–H and O–H groups in total. The van der Waals surface area contributed by atoms with E-state index in [9.17, 15) is 13.2 Å². The van der Waals surface area contributed by atoms with Gasteiger partial charge in [0.25, 0.3) is 5.89 Å². The van der Waals surface area contributed by atoms with Crippen LogP contribution in [0.1, 0.15) is 16.3 Å². The summed E-state index contributed by atoms with van der Waals surface area (Å²) in [4.78, 5) is 20.7. The minimum absolute atomic E-state index is 0.0368. The van der Waals surface area contributed by atoms with E-state index < -0.39 is 15.8 Å². The van der Waals surface area contributed by atoms with Crippen molar-refractivity contribution in [1.82, 2.24) is 20.1 Å². The Morgan fingerprint density at radius 3 is 2.89 bits per heavy atom. The fourth-order valence-corrected chi connectivity index (χ4v) is 1.85. The SMILES string of the molecule is CS(=O)(=O)Cc1noc(-c2[nH]cnc2C(=O)O)n1. The second-order valence-corrected chi connectivity index (χ2v) is 5.66. The molecule has 0 aliphatic carbocycles. The summed E-state index contributed by atoms with van der Waals surface area (Å²) in [6.07, 6.45) is 2.20. The normalized spacial score (nSPS) is 11.6. The summed E-state index contributed by atoms with van der Waals surface area (Å²) >= 11 is 0. The smallest absolute Gasteiger partial charge is 0.356 e. The molecule has 0 saturated carbocycles. The Morgan fingerprint density at radius 1 is 1.56 bits per heavy atom. The largest absolute Gasteiger partial charge is 0.476 e. The first-order chi connectivity index (χ1) is 8.37. The highest BCUT2D eigenvalue weighted by Gasteiger charge is 2.21. The van der Waals surface area contributed by atoms with Crippen molar-refractivity contribution in [2.24, 2.45) is 0 Å². The molecule has 0 bridgehead atoms. The van der Waals surface area contributed by atoms with Gasteiger partial charge in [0.15, 0.2) is 21.4 Å². The minimum Gasteiger partial charge on any atom is -0.476 e. The number of nitrogens with zero attached hydrogens (tertiary/aromatic N) is 3. The average Bonchev–Trinajstić information content (AvgIpc) is 2.81. The van der Waals surface area contributed by atoms with E-state index in [4.69, 9.17) is 9.63 Å². The first kappa shape index (κ1) is 12.2. The van der Waals surface area contributed by atoms with Crippen LogP contribution >= 0.6 is 0 Å². The molecule has 96 valence electrons. The van der Waals surface area contributed by atoms with Crippen LogP contribution < -0.4 is 0 Å². The number of carbonyl (C=O) groups is 1. The van der Waals surface area contributed by atoms with Crippen molar-refractivity contribution in [3.05, 3.63) is 17.8 Å². The van der Waals surface area contributed by atoms with Gasteiger partial charge in [-0.25, -0.2) is 18.2 Å². The third kappa shape index (κ3) is 2.53. The molecule has 0 spiro atoms. The molecule has 0 aliphatic heterocycles. The predicted molar refractivity (Wildman–Crippen MR) is 57.4 cm³/mol. The number of aromatic nitrogens is 4. The zero-order valence-electron chi connectivity index (χ0n) is 9.11. The van der Waals surface area contributed by atoms with Gasteiger partial charge < -0.3 is 14.6 Å². The van der Waals surface area contributed by atoms with Gasteiger partial charge in [-0.05, 0) is 0 Å². The number of hydrogen-bond acceptors (Lipinski definition) is 7.